The van der Waals surface area contributed by atoms with Crippen LogP contribution in [0.25, 0.3) is 0 Å². The van der Waals surface area contributed by atoms with Crippen molar-refractivity contribution in [3.8, 4) is 0 Å². The van der Waals surface area contributed by atoms with Gasteiger partial charge in [-0.05, 0) is 43.0 Å². The number of carbonyl (C=O) groups is 2. The third-order valence-electron chi connectivity index (χ3n) is 3.66. The van der Waals surface area contributed by atoms with Gasteiger partial charge in [0.25, 0.3) is 0 Å². The minimum absolute atomic E-state index is 0.206. The monoisotopic (exact) mass is 292 g/mol. The van der Waals surface area contributed by atoms with Crippen LogP contribution in [0, 0.1) is 24.6 Å². The van der Waals surface area contributed by atoms with Crippen LogP contribution in [0.4, 0.5) is 10.1 Å². The van der Waals surface area contributed by atoms with E-state index in [1.807, 2.05) is 13.8 Å². The number of aryl methyl sites for hydroxylation is 1. The summed E-state index contributed by atoms with van der Waals surface area (Å²) < 4.78 is 13.3. The summed E-state index contributed by atoms with van der Waals surface area (Å²) in [5, 5.41) is 2.80. The quantitative estimate of drug-likeness (QED) is 0.865. The highest BCUT2D eigenvalue weighted by Gasteiger charge is 2.37. The van der Waals surface area contributed by atoms with Crippen molar-refractivity contribution in [2.24, 2.45) is 11.8 Å². The maximum absolute atomic E-state index is 13.3. The number of rotatable bonds is 4. The number of hydrogen-bond donors (Lipinski definition) is 1. The molecule has 2 rings (SSSR count). The number of halogens is 1. The third-order valence-corrected chi connectivity index (χ3v) is 3.66. The van der Waals surface area contributed by atoms with E-state index in [1.165, 1.54) is 6.07 Å². The molecule has 5 heteroatoms. The molecule has 0 bridgehead atoms. The first kappa shape index (κ1) is 15.5. The molecule has 0 saturated carbocycles. The van der Waals surface area contributed by atoms with E-state index in [0.717, 1.165) is 0 Å². The van der Waals surface area contributed by atoms with E-state index in [4.69, 9.17) is 0 Å². The maximum Gasteiger partial charge on any atom is 0.239 e. The zero-order valence-electron chi connectivity index (χ0n) is 12.6. The maximum atomic E-state index is 13.3. The summed E-state index contributed by atoms with van der Waals surface area (Å²) in [5.41, 5.74) is 1.14. The summed E-state index contributed by atoms with van der Waals surface area (Å²) in [4.78, 5) is 26.0. The van der Waals surface area contributed by atoms with Gasteiger partial charge in [0.05, 0.1) is 0 Å². The van der Waals surface area contributed by atoms with E-state index in [9.17, 15) is 14.0 Å². The van der Waals surface area contributed by atoms with Crippen LogP contribution in [0.3, 0.4) is 0 Å². The molecule has 114 valence electrons. The fraction of sp³-hybridized carbons (Fsp3) is 0.500. The molecule has 1 saturated heterocycles. The molecule has 0 aromatic heterocycles. The summed E-state index contributed by atoms with van der Waals surface area (Å²) in [6, 6.07) is 4.57. The van der Waals surface area contributed by atoms with Crippen LogP contribution in [-0.4, -0.2) is 24.9 Å². The van der Waals surface area contributed by atoms with Gasteiger partial charge in [-0.2, -0.15) is 0 Å². The number of nitrogens with zero attached hydrogens (tertiary/aromatic N) is 1. The van der Waals surface area contributed by atoms with Gasteiger partial charge in [0.2, 0.25) is 11.8 Å². The standard InChI is InChI=1S/C16H21FN2O2/c1-10(2)9-18-15(20)13-6-7-19(16(13)21)12-4-5-14(17)11(3)8-12/h4-5,8,10,13H,6-7,9H2,1-3H3,(H,18,20)/t13-/m1/s1. The van der Waals surface area contributed by atoms with Crippen molar-refractivity contribution in [3.63, 3.8) is 0 Å². The molecule has 1 atom stereocenters. The molecule has 1 aromatic rings. The van der Waals surface area contributed by atoms with Crippen LogP contribution in [0.5, 0.6) is 0 Å². The lowest BCUT2D eigenvalue weighted by Crippen LogP contribution is -2.38. The van der Waals surface area contributed by atoms with Crippen LogP contribution >= 0.6 is 0 Å². The molecular weight excluding hydrogens is 271 g/mol. The Kier molecular flexibility index (Phi) is 4.60. The molecular formula is C16H21FN2O2. The molecule has 1 N–H and O–H groups in total. The molecule has 0 unspecified atom stereocenters. The molecule has 0 aliphatic carbocycles. The van der Waals surface area contributed by atoms with E-state index < -0.39 is 5.92 Å². The minimum atomic E-state index is -0.630. The number of benzene rings is 1. The normalized spacial score (nSPS) is 18.4. The Morgan fingerprint density at radius 2 is 2.19 bits per heavy atom. The molecule has 0 spiro atoms. The van der Waals surface area contributed by atoms with Gasteiger partial charge in [-0.15, -0.1) is 0 Å². The lowest BCUT2D eigenvalue weighted by molar-refractivity contribution is -0.132. The molecule has 1 aliphatic heterocycles. The highest BCUT2D eigenvalue weighted by atomic mass is 19.1. The predicted molar refractivity (Wildman–Crippen MR) is 79.4 cm³/mol. The van der Waals surface area contributed by atoms with Crippen LogP contribution < -0.4 is 10.2 Å². The van der Waals surface area contributed by atoms with Gasteiger partial charge in [0, 0.05) is 18.8 Å². The Bertz CT molecular complexity index is 557. The lowest BCUT2D eigenvalue weighted by Gasteiger charge is -2.17. The van der Waals surface area contributed by atoms with E-state index in [1.54, 1.807) is 24.0 Å². The Morgan fingerprint density at radius 3 is 2.81 bits per heavy atom. The second-order valence-corrected chi connectivity index (χ2v) is 5.90. The van der Waals surface area contributed by atoms with Gasteiger partial charge in [-0.3, -0.25) is 9.59 Å². The molecule has 1 fully saturated rings. The third kappa shape index (κ3) is 3.40. The highest BCUT2D eigenvalue weighted by molar-refractivity contribution is 6.09. The largest absolute Gasteiger partial charge is 0.355 e. The second kappa shape index (κ2) is 6.24. The van der Waals surface area contributed by atoms with Crippen LogP contribution in [0.2, 0.25) is 0 Å². The Hall–Kier alpha value is -1.91. The molecule has 1 aliphatic rings. The molecule has 2 amide bonds. The van der Waals surface area contributed by atoms with Crippen molar-refractivity contribution < 1.29 is 14.0 Å². The molecule has 1 heterocycles. The Balaban J connectivity index is 2.07. The topological polar surface area (TPSA) is 49.4 Å². The minimum Gasteiger partial charge on any atom is -0.355 e. The fourth-order valence-electron chi connectivity index (χ4n) is 2.40. The van der Waals surface area contributed by atoms with E-state index in [0.29, 0.717) is 36.7 Å². The summed E-state index contributed by atoms with van der Waals surface area (Å²) in [7, 11) is 0. The summed E-state index contributed by atoms with van der Waals surface area (Å²) >= 11 is 0. The van der Waals surface area contributed by atoms with Gasteiger partial charge >= 0.3 is 0 Å². The van der Waals surface area contributed by atoms with Crippen molar-refractivity contribution in [1.82, 2.24) is 5.32 Å². The van der Waals surface area contributed by atoms with E-state index in [-0.39, 0.29) is 17.6 Å². The highest BCUT2D eigenvalue weighted by Crippen LogP contribution is 2.26. The smallest absolute Gasteiger partial charge is 0.239 e. The zero-order valence-corrected chi connectivity index (χ0v) is 12.6. The predicted octanol–water partition coefficient (Wildman–Crippen LogP) is 2.26. The Morgan fingerprint density at radius 1 is 1.48 bits per heavy atom. The molecule has 0 radical (unpaired) electrons. The average Bonchev–Trinajstić information content (AvgIpc) is 2.81. The number of amides is 2. The van der Waals surface area contributed by atoms with Gasteiger partial charge in [-0.25, -0.2) is 4.39 Å². The molecule has 1 aromatic carbocycles. The first-order valence-corrected chi connectivity index (χ1v) is 7.25. The molecule has 4 nitrogen and oxygen atoms in total. The number of hydrogen-bond acceptors (Lipinski definition) is 2. The van der Waals surface area contributed by atoms with Crippen molar-refractivity contribution in [3.05, 3.63) is 29.6 Å². The first-order chi connectivity index (χ1) is 9.90. The summed E-state index contributed by atoms with van der Waals surface area (Å²) in [5.74, 6) is -0.996. The van der Waals surface area contributed by atoms with E-state index in [2.05, 4.69) is 5.32 Å². The summed E-state index contributed by atoms with van der Waals surface area (Å²) in [6.45, 7) is 6.73. The fourth-order valence-corrected chi connectivity index (χ4v) is 2.40. The van der Waals surface area contributed by atoms with E-state index >= 15 is 0 Å². The number of anilines is 1. The zero-order chi connectivity index (χ0) is 15.6. The van der Waals surface area contributed by atoms with Crippen LogP contribution in [0.15, 0.2) is 18.2 Å². The first-order valence-electron chi connectivity index (χ1n) is 7.25. The second-order valence-electron chi connectivity index (χ2n) is 5.90. The van der Waals surface area contributed by atoms with Crippen molar-refractivity contribution in [1.29, 1.82) is 0 Å². The van der Waals surface area contributed by atoms with Gasteiger partial charge < -0.3 is 10.2 Å². The van der Waals surface area contributed by atoms with Gasteiger partial charge in [0.1, 0.15) is 11.7 Å². The van der Waals surface area contributed by atoms with Crippen LogP contribution in [-0.2, 0) is 9.59 Å². The van der Waals surface area contributed by atoms with Crippen molar-refractivity contribution >= 4 is 17.5 Å². The summed E-state index contributed by atoms with van der Waals surface area (Å²) in [6.07, 6.45) is 0.499. The van der Waals surface area contributed by atoms with Gasteiger partial charge in [0.15, 0.2) is 0 Å². The van der Waals surface area contributed by atoms with Crippen molar-refractivity contribution in [2.75, 3.05) is 18.0 Å². The Labute approximate surface area is 124 Å². The molecule has 21 heavy (non-hydrogen) atoms. The number of carbonyl (C=O) groups excluding carboxylic acids is 2. The lowest BCUT2D eigenvalue weighted by atomic mass is 10.1. The number of nitrogens with one attached hydrogen (secondary N) is 1. The SMILES string of the molecule is Cc1cc(N2CC[C@H](C(=O)NCC(C)C)C2=O)ccc1F. The average molecular weight is 292 g/mol. The van der Waals surface area contributed by atoms with Crippen molar-refractivity contribution in [2.45, 2.75) is 27.2 Å². The van der Waals surface area contributed by atoms with Gasteiger partial charge in [-0.1, -0.05) is 13.8 Å². The van der Waals surface area contributed by atoms with Crippen LogP contribution in [0.1, 0.15) is 25.8 Å².